The summed E-state index contributed by atoms with van der Waals surface area (Å²) in [5.74, 6) is -0.711. The van der Waals surface area contributed by atoms with Gasteiger partial charge in [0.15, 0.2) is 0 Å². The average Bonchev–Trinajstić information content (AvgIpc) is 2.95. The first-order chi connectivity index (χ1) is 19.8. The maximum Gasteiger partial charge on any atom is 0.416 e. The first-order valence-electron chi connectivity index (χ1n) is 13.3. The van der Waals surface area contributed by atoms with E-state index in [0.29, 0.717) is 21.7 Å². The second kappa shape index (κ2) is 13.7. The predicted molar refractivity (Wildman–Crippen MR) is 153 cm³/mol. The van der Waals surface area contributed by atoms with Gasteiger partial charge >= 0.3 is 6.18 Å². The molecule has 0 radical (unpaired) electrons. The molecule has 0 heterocycles. The molecule has 42 heavy (non-hydrogen) atoms. The zero-order valence-corrected chi connectivity index (χ0v) is 24.6. The Hall–Kier alpha value is -4.06. The van der Waals surface area contributed by atoms with Gasteiger partial charge in [-0.15, -0.1) is 0 Å². The van der Waals surface area contributed by atoms with Crippen molar-refractivity contribution in [2.45, 2.75) is 56.9 Å². The number of carbonyl (C=O) groups excluding carboxylic acids is 2. The van der Waals surface area contributed by atoms with E-state index in [4.69, 9.17) is 4.74 Å². The number of hydrogen-bond acceptors (Lipinski definition) is 5. The Kier molecular flexibility index (Phi) is 10.6. The van der Waals surface area contributed by atoms with E-state index in [1.54, 1.807) is 51.1 Å². The summed E-state index contributed by atoms with van der Waals surface area (Å²) in [5, 5.41) is 2.79. The fourth-order valence-corrected chi connectivity index (χ4v) is 5.78. The van der Waals surface area contributed by atoms with Gasteiger partial charge in [-0.2, -0.15) is 13.2 Å². The molecule has 0 aromatic heterocycles. The lowest BCUT2D eigenvalue weighted by molar-refractivity contribution is -0.140. The molecule has 1 N–H and O–H groups in total. The lowest BCUT2D eigenvalue weighted by Crippen LogP contribution is -2.53. The van der Waals surface area contributed by atoms with E-state index in [-0.39, 0.29) is 29.6 Å². The quantitative estimate of drug-likeness (QED) is 0.305. The highest BCUT2D eigenvalue weighted by Gasteiger charge is 2.36. The van der Waals surface area contributed by atoms with Gasteiger partial charge in [0, 0.05) is 12.6 Å². The number of amides is 2. The highest BCUT2D eigenvalue weighted by Crippen LogP contribution is 2.33. The normalized spacial score (nSPS) is 12.5. The average molecular weight is 606 g/mol. The van der Waals surface area contributed by atoms with Gasteiger partial charge in [-0.05, 0) is 68.3 Å². The lowest BCUT2D eigenvalue weighted by atomic mass is 10.1. The Morgan fingerprint density at radius 3 is 2.21 bits per heavy atom. The molecule has 8 nitrogen and oxygen atoms in total. The van der Waals surface area contributed by atoms with Crippen LogP contribution in [0.2, 0.25) is 0 Å². The van der Waals surface area contributed by atoms with Crippen molar-refractivity contribution in [2.75, 3.05) is 18.0 Å². The van der Waals surface area contributed by atoms with Crippen molar-refractivity contribution < 1.29 is 35.9 Å². The van der Waals surface area contributed by atoms with E-state index >= 15 is 0 Å². The molecule has 3 aromatic carbocycles. The molecule has 12 heteroatoms. The molecule has 0 unspecified atom stereocenters. The summed E-state index contributed by atoms with van der Waals surface area (Å²) in [6.45, 7) is 4.30. The zero-order valence-electron chi connectivity index (χ0n) is 23.8. The van der Waals surface area contributed by atoms with Gasteiger partial charge in [0.05, 0.1) is 23.3 Å². The lowest BCUT2D eigenvalue weighted by Gasteiger charge is -2.33. The van der Waals surface area contributed by atoms with Gasteiger partial charge in [0.2, 0.25) is 11.8 Å². The molecule has 2 amide bonds. The van der Waals surface area contributed by atoms with Gasteiger partial charge in [-0.1, -0.05) is 43.3 Å². The Bertz CT molecular complexity index is 1480. The SMILES string of the molecule is CC[C@@H](C(=O)NC(C)C)N(Cc1cccc(OC)c1)C(=O)CN(c1cccc(C(F)(F)F)c1)S(=O)(=O)c1ccccc1. The van der Waals surface area contributed by atoms with Crippen LogP contribution in [0.25, 0.3) is 0 Å². The third-order valence-electron chi connectivity index (χ3n) is 6.38. The first kappa shape index (κ1) is 32.5. The topological polar surface area (TPSA) is 96.0 Å². The van der Waals surface area contributed by atoms with Crippen LogP contribution in [-0.4, -0.2) is 50.9 Å². The Labute approximate surface area is 244 Å². The molecule has 0 saturated carbocycles. The van der Waals surface area contributed by atoms with E-state index in [2.05, 4.69) is 5.32 Å². The van der Waals surface area contributed by atoms with Crippen molar-refractivity contribution in [3.8, 4) is 5.75 Å². The molecule has 0 aliphatic rings. The summed E-state index contributed by atoms with van der Waals surface area (Å²) >= 11 is 0. The van der Waals surface area contributed by atoms with Crippen LogP contribution in [0.3, 0.4) is 0 Å². The maximum atomic E-state index is 14.0. The van der Waals surface area contributed by atoms with Crippen LogP contribution in [0.5, 0.6) is 5.75 Å². The van der Waals surface area contributed by atoms with Crippen LogP contribution in [-0.2, 0) is 32.3 Å². The fourth-order valence-electron chi connectivity index (χ4n) is 4.35. The summed E-state index contributed by atoms with van der Waals surface area (Å²) in [4.78, 5) is 28.2. The number of alkyl halides is 3. The molecule has 3 rings (SSSR count). The fraction of sp³-hybridized carbons (Fsp3) is 0.333. The Balaban J connectivity index is 2.12. The van der Waals surface area contributed by atoms with Crippen LogP contribution in [0.1, 0.15) is 38.3 Å². The number of sulfonamides is 1. The largest absolute Gasteiger partial charge is 0.497 e. The molecular weight excluding hydrogens is 571 g/mol. The van der Waals surface area contributed by atoms with Crippen LogP contribution < -0.4 is 14.4 Å². The Morgan fingerprint density at radius 1 is 0.952 bits per heavy atom. The van der Waals surface area contributed by atoms with E-state index in [1.165, 1.54) is 42.3 Å². The Morgan fingerprint density at radius 2 is 1.62 bits per heavy atom. The number of nitrogens with zero attached hydrogens (tertiary/aromatic N) is 2. The van der Waals surface area contributed by atoms with Crippen molar-refractivity contribution >= 4 is 27.5 Å². The highest BCUT2D eigenvalue weighted by atomic mass is 32.2. The van der Waals surface area contributed by atoms with Gasteiger partial charge < -0.3 is 15.0 Å². The molecule has 0 spiro atoms. The van der Waals surface area contributed by atoms with E-state index in [0.717, 1.165) is 12.1 Å². The summed E-state index contributed by atoms with van der Waals surface area (Å²) in [6, 6.07) is 16.5. The first-order valence-corrected chi connectivity index (χ1v) is 14.7. The monoisotopic (exact) mass is 605 g/mol. The minimum atomic E-state index is -4.75. The van der Waals surface area contributed by atoms with Crippen molar-refractivity contribution in [1.82, 2.24) is 10.2 Å². The number of rotatable bonds is 12. The number of nitrogens with one attached hydrogen (secondary N) is 1. The third-order valence-corrected chi connectivity index (χ3v) is 8.16. The maximum absolute atomic E-state index is 14.0. The number of ether oxygens (including phenoxy) is 1. The minimum Gasteiger partial charge on any atom is -0.497 e. The molecule has 226 valence electrons. The van der Waals surface area contributed by atoms with Crippen molar-refractivity contribution in [3.63, 3.8) is 0 Å². The minimum absolute atomic E-state index is 0.0815. The van der Waals surface area contributed by atoms with Gasteiger partial charge in [-0.3, -0.25) is 13.9 Å². The summed E-state index contributed by atoms with van der Waals surface area (Å²) in [7, 11) is -3.02. The van der Waals surface area contributed by atoms with E-state index in [1.807, 2.05) is 0 Å². The summed E-state index contributed by atoms with van der Waals surface area (Å²) < 4.78 is 74.3. The molecule has 3 aromatic rings. The van der Waals surface area contributed by atoms with Gasteiger partial charge in [0.1, 0.15) is 18.3 Å². The molecule has 0 aliphatic carbocycles. The second-order valence-corrected chi connectivity index (χ2v) is 11.7. The smallest absolute Gasteiger partial charge is 0.416 e. The van der Waals surface area contributed by atoms with Crippen LogP contribution in [0.4, 0.5) is 18.9 Å². The van der Waals surface area contributed by atoms with Crippen molar-refractivity contribution in [1.29, 1.82) is 0 Å². The van der Waals surface area contributed by atoms with Gasteiger partial charge in [-0.25, -0.2) is 8.42 Å². The highest BCUT2D eigenvalue weighted by molar-refractivity contribution is 7.92. The van der Waals surface area contributed by atoms with Crippen LogP contribution in [0.15, 0.2) is 83.8 Å². The molecule has 0 bridgehead atoms. The second-order valence-electron chi connectivity index (χ2n) is 9.83. The summed E-state index contributed by atoms with van der Waals surface area (Å²) in [5.41, 5.74) is -0.810. The number of hydrogen-bond donors (Lipinski definition) is 1. The number of carbonyl (C=O) groups is 2. The third kappa shape index (κ3) is 8.03. The summed E-state index contributed by atoms with van der Waals surface area (Å²) in [6.07, 6.45) is -4.55. The number of methoxy groups -OCH3 is 1. The molecule has 0 fully saturated rings. The molecule has 0 aliphatic heterocycles. The zero-order chi connectivity index (χ0) is 31.1. The number of anilines is 1. The number of halogens is 3. The predicted octanol–water partition coefficient (Wildman–Crippen LogP) is 5.24. The van der Waals surface area contributed by atoms with Gasteiger partial charge in [0.25, 0.3) is 10.0 Å². The van der Waals surface area contributed by atoms with Crippen molar-refractivity contribution in [2.24, 2.45) is 0 Å². The van der Waals surface area contributed by atoms with E-state index in [9.17, 15) is 31.2 Å². The van der Waals surface area contributed by atoms with Crippen LogP contribution in [0, 0.1) is 0 Å². The van der Waals surface area contributed by atoms with Crippen molar-refractivity contribution in [3.05, 3.63) is 90.0 Å². The molecular formula is C30H34F3N3O5S. The molecule has 1 atom stereocenters. The molecule has 0 saturated heterocycles. The standard InChI is InChI=1S/C30H34F3N3O5S/c1-5-27(29(38)34-21(2)3)35(19-22-11-9-14-25(17-22)41-4)28(37)20-36(42(39,40)26-15-7-6-8-16-26)24-13-10-12-23(18-24)30(31,32)33/h6-18,21,27H,5,19-20H2,1-4H3,(H,34,38)/t27-/m0/s1. The van der Waals surface area contributed by atoms with E-state index < -0.39 is 46.2 Å². The number of benzene rings is 3. The van der Waals surface area contributed by atoms with Crippen LogP contribution >= 0.6 is 0 Å².